The second kappa shape index (κ2) is 9.72. The molecule has 0 aliphatic carbocycles. The van der Waals surface area contributed by atoms with Crippen molar-refractivity contribution in [2.75, 3.05) is 20.9 Å². The lowest BCUT2D eigenvalue weighted by Gasteiger charge is -2.12. The van der Waals surface area contributed by atoms with E-state index in [1.54, 1.807) is 31.2 Å². The first kappa shape index (κ1) is 21.9. The number of halogens is 3. The van der Waals surface area contributed by atoms with Gasteiger partial charge in [-0.25, -0.2) is 0 Å². The van der Waals surface area contributed by atoms with Crippen molar-refractivity contribution < 1.29 is 27.5 Å². The molecule has 6 nitrogen and oxygen atoms in total. The van der Waals surface area contributed by atoms with Crippen molar-refractivity contribution in [3.05, 3.63) is 65.2 Å². The maximum absolute atomic E-state index is 12.9. The number of aliphatic imine (C=N–C) groups is 1. The first-order chi connectivity index (χ1) is 13.8. The Hall–Kier alpha value is -3.36. The molecule has 0 atom stereocenters. The van der Waals surface area contributed by atoms with Crippen LogP contribution in [0, 0.1) is 0 Å². The van der Waals surface area contributed by atoms with E-state index in [1.165, 1.54) is 26.3 Å². The monoisotopic (exact) mass is 407 g/mol. The number of nitrogens with one attached hydrogen (secondary N) is 1. The first-order valence-electron chi connectivity index (χ1n) is 8.52. The largest absolute Gasteiger partial charge is 0.471 e. The molecule has 0 aliphatic rings. The Bertz CT molecular complexity index is 924. The van der Waals surface area contributed by atoms with Gasteiger partial charge in [-0.2, -0.15) is 13.2 Å². The zero-order chi connectivity index (χ0) is 21.4. The molecule has 0 spiro atoms. The average molecular weight is 407 g/mol. The minimum atomic E-state index is -4.43. The number of alkyl halides is 3. The number of hydrogen-bond acceptors (Lipinski definition) is 5. The Labute approximate surface area is 166 Å². The van der Waals surface area contributed by atoms with Crippen LogP contribution >= 0.6 is 0 Å². The van der Waals surface area contributed by atoms with Crippen molar-refractivity contribution in [1.82, 2.24) is 5.32 Å². The van der Waals surface area contributed by atoms with Crippen LogP contribution in [0.15, 0.2) is 58.7 Å². The van der Waals surface area contributed by atoms with Crippen molar-refractivity contribution in [2.45, 2.75) is 13.1 Å². The van der Waals surface area contributed by atoms with Crippen LogP contribution in [0.3, 0.4) is 0 Å². The van der Waals surface area contributed by atoms with Gasteiger partial charge in [-0.1, -0.05) is 29.4 Å². The maximum Gasteiger partial charge on any atom is 0.416 e. The molecule has 0 aliphatic heterocycles. The van der Waals surface area contributed by atoms with E-state index in [9.17, 15) is 18.0 Å². The molecule has 0 unspecified atom stereocenters. The quantitative estimate of drug-likeness (QED) is 0.563. The third-order valence-corrected chi connectivity index (χ3v) is 3.90. The molecule has 9 heteroatoms. The summed E-state index contributed by atoms with van der Waals surface area (Å²) < 4.78 is 44.2. The molecule has 0 radical (unpaired) electrons. The number of ether oxygens (including phenoxy) is 1. The molecule has 154 valence electrons. The lowest BCUT2D eigenvalue weighted by Crippen LogP contribution is -2.29. The summed E-state index contributed by atoms with van der Waals surface area (Å²) in [5, 5.41) is 6.20. The van der Waals surface area contributed by atoms with Gasteiger partial charge in [-0.15, -0.1) is 0 Å². The summed E-state index contributed by atoms with van der Waals surface area (Å²) in [6.45, 7) is 1.43. The zero-order valence-electron chi connectivity index (χ0n) is 16.1. The predicted octanol–water partition coefficient (Wildman–Crippen LogP) is 3.65. The first-order valence-corrected chi connectivity index (χ1v) is 8.52. The van der Waals surface area contributed by atoms with Gasteiger partial charge < -0.3 is 14.9 Å². The second-order valence-electron chi connectivity index (χ2n) is 5.79. The van der Waals surface area contributed by atoms with Crippen molar-refractivity contribution in [3.63, 3.8) is 0 Å². The summed E-state index contributed by atoms with van der Waals surface area (Å²) in [5.74, 6) is -0.140. The molecule has 0 saturated carbocycles. The van der Waals surface area contributed by atoms with E-state index in [0.717, 1.165) is 12.1 Å². The van der Waals surface area contributed by atoms with E-state index in [0.29, 0.717) is 22.6 Å². The Morgan fingerprint density at radius 1 is 1.14 bits per heavy atom. The van der Waals surface area contributed by atoms with Gasteiger partial charge in [0.1, 0.15) is 12.9 Å². The number of hydrogen-bond donors (Lipinski definition) is 1. The second-order valence-corrected chi connectivity index (χ2v) is 5.79. The van der Waals surface area contributed by atoms with Gasteiger partial charge in [0.2, 0.25) is 0 Å². The predicted molar refractivity (Wildman–Crippen MR) is 103 cm³/mol. The number of carbonyl (C=O) groups is 1. The molecule has 0 fully saturated rings. The maximum atomic E-state index is 12.9. The molecule has 2 rings (SSSR count). The summed E-state index contributed by atoms with van der Waals surface area (Å²) in [5.41, 5.74) is 0.376. The van der Waals surface area contributed by atoms with E-state index in [1.807, 2.05) is 0 Å². The zero-order valence-corrected chi connectivity index (χ0v) is 16.1. The summed E-state index contributed by atoms with van der Waals surface area (Å²) in [6.07, 6.45) is -4.43. The van der Waals surface area contributed by atoms with Crippen LogP contribution in [0.4, 0.5) is 13.2 Å². The SMILES string of the molecule is CNC(=O)C(=NOC)c1ccccc1OCN=C(C)c1cccc(C(F)(F)F)c1. The van der Waals surface area contributed by atoms with Crippen LogP contribution in [0.5, 0.6) is 5.75 Å². The normalized spacial score (nSPS) is 12.5. The Morgan fingerprint density at radius 3 is 2.52 bits per heavy atom. The minimum absolute atomic E-state index is 0.0178. The molecule has 1 N–H and O–H groups in total. The molecule has 1 amide bonds. The molecule has 0 bridgehead atoms. The van der Waals surface area contributed by atoms with Crippen LogP contribution in [0.25, 0.3) is 0 Å². The molecular weight excluding hydrogens is 387 g/mol. The molecule has 29 heavy (non-hydrogen) atoms. The summed E-state index contributed by atoms with van der Waals surface area (Å²) in [4.78, 5) is 20.9. The summed E-state index contributed by atoms with van der Waals surface area (Å²) in [7, 11) is 2.77. The van der Waals surface area contributed by atoms with E-state index in [-0.39, 0.29) is 12.4 Å². The van der Waals surface area contributed by atoms with Gasteiger partial charge in [0.05, 0.1) is 11.1 Å². The molecule has 2 aromatic carbocycles. The number of amides is 1. The molecule has 2 aromatic rings. The van der Waals surface area contributed by atoms with Crippen molar-refractivity contribution >= 4 is 17.3 Å². The van der Waals surface area contributed by atoms with E-state index in [4.69, 9.17) is 9.57 Å². The highest BCUT2D eigenvalue weighted by atomic mass is 19.4. The van der Waals surface area contributed by atoms with E-state index >= 15 is 0 Å². The van der Waals surface area contributed by atoms with Gasteiger partial charge in [0.25, 0.3) is 5.91 Å². The van der Waals surface area contributed by atoms with Gasteiger partial charge in [0, 0.05) is 12.8 Å². The number of carbonyl (C=O) groups excluding carboxylic acids is 1. The summed E-state index contributed by atoms with van der Waals surface area (Å²) in [6, 6.07) is 11.6. The van der Waals surface area contributed by atoms with Crippen LogP contribution in [0.1, 0.15) is 23.6 Å². The third kappa shape index (κ3) is 5.81. The highest BCUT2D eigenvalue weighted by Gasteiger charge is 2.30. The van der Waals surface area contributed by atoms with Crippen LogP contribution < -0.4 is 10.1 Å². The lowest BCUT2D eigenvalue weighted by molar-refractivity contribution is -0.137. The molecular formula is C20H20F3N3O3. The van der Waals surface area contributed by atoms with Crippen LogP contribution in [-0.4, -0.2) is 38.2 Å². The molecule has 0 heterocycles. The van der Waals surface area contributed by atoms with Crippen LogP contribution in [-0.2, 0) is 15.8 Å². The highest BCUT2D eigenvalue weighted by Crippen LogP contribution is 2.29. The highest BCUT2D eigenvalue weighted by molar-refractivity contribution is 6.45. The lowest BCUT2D eigenvalue weighted by atomic mass is 10.1. The average Bonchev–Trinajstić information content (AvgIpc) is 2.71. The summed E-state index contributed by atoms with van der Waals surface area (Å²) >= 11 is 0. The fourth-order valence-electron chi connectivity index (χ4n) is 2.42. The van der Waals surface area contributed by atoms with Gasteiger partial charge in [-0.3, -0.25) is 9.79 Å². The number of rotatable bonds is 7. The number of oxime groups is 1. The van der Waals surface area contributed by atoms with E-state index < -0.39 is 17.6 Å². The van der Waals surface area contributed by atoms with Crippen molar-refractivity contribution in [2.24, 2.45) is 10.1 Å². The smallest absolute Gasteiger partial charge is 0.416 e. The van der Waals surface area contributed by atoms with E-state index in [2.05, 4.69) is 15.5 Å². The Balaban J connectivity index is 2.21. The standard InChI is InChI=1S/C20H20F3N3O3/c1-13(14-7-6-8-15(11-14)20(21,22)23)25-12-29-17-10-5-4-9-16(17)18(26-28-3)19(27)24-2/h4-11H,12H2,1-3H3,(H,24,27). The van der Waals surface area contributed by atoms with Crippen molar-refractivity contribution in [1.29, 1.82) is 0 Å². The number of benzene rings is 2. The fourth-order valence-corrected chi connectivity index (χ4v) is 2.42. The van der Waals surface area contributed by atoms with Crippen LogP contribution in [0.2, 0.25) is 0 Å². The van der Waals surface area contributed by atoms with Gasteiger partial charge in [0.15, 0.2) is 12.4 Å². The number of nitrogens with zero attached hydrogens (tertiary/aromatic N) is 2. The van der Waals surface area contributed by atoms with Gasteiger partial charge in [-0.05, 0) is 36.8 Å². The number of para-hydroxylation sites is 1. The Morgan fingerprint density at radius 2 is 1.86 bits per heavy atom. The third-order valence-electron chi connectivity index (χ3n) is 3.90. The molecule has 0 saturated heterocycles. The minimum Gasteiger partial charge on any atom is -0.471 e. The molecule has 0 aromatic heterocycles. The van der Waals surface area contributed by atoms with Crippen molar-refractivity contribution in [3.8, 4) is 5.75 Å². The fraction of sp³-hybridized carbons (Fsp3) is 0.250. The topological polar surface area (TPSA) is 72.3 Å². The van der Waals surface area contributed by atoms with Gasteiger partial charge >= 0.3 is 6.18 Å². The Kier molecular flexibility index (Phi) is 7.35. The number of likely N-dealkylation sites (N-methyl/N-ethyl adjacent to an activating group) is 1.